The van der Waals surface area contributed by atoms with Crippen molar-refractivity contribution in [3.05, 3.63) is 47.7 Å². The summed E-state index contributed by atoms with van der Waals surface area (Å²) in [6, 6.07) is 12.3. The number of benzene rings is 1. The molecule has 1 rings (SSSR count). The SMILES string of the molecule is CC(C)N(C(C)C)P(C(=[N-])c1[c-]cccc1)N(C(C)C)C(C)C.CCOC(=O)[CH-]C(=O)OCC.[Zr+3]. The monoisotopic (exact) mass is 582 g/mol. The fourth-order valence-corrected chi connectivity index (χ4v) is 6.29. The van der Waals surface area contributed by atoms with Crippen LogP contribution in [-0.2, 0) is 45.3 Å². The fraction of sp³-hybridized carbons (Fsp3) is 0.615. The summed E-state index contributed by atoms with van der Waals surface area (Å²) in [4.78, 5) is 21.1. The molecule has 9 heteroatoms. The standard InChI is InChI=1S/C19H32N3P.C7H11O4.Zr/c1-14(2)21(15(3)4)23(22(16(5)6)17(7)8)19(20)18-12-10-9-11-13-18;1-3-10-6(8)5-7(9)11-4-2;/h9-12,14-17H,1-8H3;5H,3-4H2,1-2H3;/q-2;-1;+3. The maximum atomic E-state index is 11.1. The summed E-state index contributed by atoms with van der Waals surface area (Å²) < 4.78 is 13.8. The van der Waals surface area contributed by atoms with E-state index in [1.807, 2.05) is 24.3 Å². The van der Waals surface area contributed by atoms with Gasteiger partial charge in [-0.25, -0.2) is 5.45 Å². The number of esters is 2. The molecule has 0 fully saturated rings. The van der Waals surface area contributed by atoms with Gasteiger partial charge < -0.3 is 14.9 Å². The number of rotatable bonds is 12. The van der Waals surface area contributed by atoms with E-state index in [0.29, 0.717) is 29.6 Å². The molecule has 1 aromatic carbocycles. The minimum atomic E-state index is -0.975. The first-order valence-electron chi connectivity index (χ1n) is 12.0. The molecule has 0 saturated carbocycles. The molecule has 0 atom stereocenters. The number of carbonyl (C=O) groups excluding carboxylic acids is 2. The molecule has 0 heterocycles. The third-order valence-electron chi connectivity index (χ3n) is 4.50. The molecule has 0 bridgehead atoms. The van der Waals surface area contributed by atoms with Crippen LogP contribution >= 0.6 is 8.22 Å². The molecule has 0 spiro atoms. The molecule has 0 N–H and O–H groups in total. The number of hydrogen-bond acceptors (Lipinski definition) is 6. The van der Waals surface area contributed by atoms with Crippen LogP contribution in [-0.4, -0.2) is 64.1 Å². The predicted octanol–water partition coefficient (Wildman–Crippen LogP) is 5.67. The summed E-state index contributed by atoms with van der Waals surface area (Å²) in [5, 5.41) is 11.1. The van der Waals surface area contributed by atoms with Gasteiger partial charge in [0.2, 0.25) is 0 Å². The zero-order valence-corrected chi connectivity index (χ0v) is 26.4. The third-order valence-corrected chi connectivity index (χ3v) is 7.84. The Morgan fingerprint density at radius 2 is 1.29 bits per heavy atom. The van der Waals surface area contributed by atoms with E-state index in [-0.39, 0.29) is 39.4 Å². The molecule has 0 aliphatic rings. The summed E-state index contributed by atoms with van der Waals surface area (Å²) in [6.45, 7) is 21.5. The van der Waals surface area contributed by atoms with Crippen LogP contribution in [0.25, 0.3) is 5.41 Å². The maximum Gasteiger partial charge on any atom is 3.00 e. The minimum absolute atomic E-state index is 0. The quantitative estimate of drug-likeness (QED) is 0.104. The number of ether oxygens (including phenoxy) is 2. The van der Waals surface area contributed by atoms with Crippen LogP contribution < -0.4 is 0 Å². The van der Waals surface area contributed by atoms with Crippen LogP contribution in [0.4, 0.5) is 0 Å². The fourth-order valence-electron chi connectivity index (χ4n) is 3.51. The molecule has 0 unspecified atom stereocenters. The van der Waals surface area contributed by atoms with Gasteiger partial charge in [-0.15, -0.1) is 30.3 Å². The van der Waals surface area contributed by atoms with Crippen molar-refractivity contribution in [3.63, 3.8) is 0 Å². The molecular formula is C26H43N3O4PZr. The van der Waals surface area contributed by atoms with Gasteiger partial charge in [0, 0.05) is 32.4 Å². The minimum Gasteiger partial charge on any atom is -0.853 e. The summed E-state index contributed by atoms with van der Waals surface area (Å²) in [5.74, 6) is -1.32. The summed E-state index contributed by atoms with van der Waals surface area (Å²) >= 11 is 0. The van der Waals surface area contributed by atoms with E-state index in [2.05, 4.69) is 80.3 Å². The first kappa shape index (κ1) is 36.1. The normalized spacial score (nSPS) is 11.0. The molecule has 35 heavy (non-hydrogen) atoms. The van der Waals surface area contributed by atoms with Gasteiger partial charge in [-0.3, -0.25) is 18.9 Å². The molecule has 7 nitrogen and oxygen atoms in total. The van der Waals surface area contributed by atoms with Crippen molar-refractivity contribution in [1.29, 1.82) is 0 Å². The topological polar surface area (TPSA) is 81.4 Å². The van der Waals surface area contributed by atoms with Crippen LogP contribution in [0.1, 0.15) is 74.8 Å². The van der Waals surface area contributed by atoms with Gasteiger partial charge in [0.1, 0.15) is 0 Å². The van der Waals surface area contributed by atoms with E-state index in [1.54, 1.807) is 13.8 Å². The predicted molar refractivity (Wildman–Crippen MR) is 141 cm³/mol. The summed E-state index contributed by atoms with van der Waals surface area (Å²) in [6.07, 6.45) is 0.785. The number of nitrogens with zero attached hydrogens (tertiary/aromatic N) is 3. The molecule has 0 saturated heterocycles. The Morgan fingerprint density at radius 3 is 1.57 bits per heavy atom. The molecular weight excluding hydrogens is 541 g/mol. The van der Waals surface area contributed by atoms with Gasteiger partial charge in [0.15, 0.2) is 11.9 Å². The molecule has 0 aliphatic heterocycles. The summed E-state index contributed by atoms with van der Waals surface area (Å²) in [5.41, 5.74) is 1.25. The average molecular weight is 584 g/mol. The van der Waals surface area contributed by atoms with Crippen LogP contribution in [0, 0.1) is 12.5 Å². The number of carbonyl (C=O) groups is 2. The van der Waals surface area contributed by atoms with E-state index in [0.717, 1.165) is 12.0 Å². The molecule has 0 amide bonds. The zero-order chi connectivity index (χ0) is 26.4. The smallest absolute Gasteiger partial charge is 0.853 e. The molecule has 1 radical (unpaired) electrons. The Kier molecular flexibility index (Phi) is 19.7. The van der Waals surface area contributed by atoms with Crippen molar-refractivity contribution in [2.45, 2.75) is 93.4 Å². The second-order valence-electron chi connectivity index (χ2n) is 8.67. The van der Waals surface area contributed by atoms with E-state index < -0.39 is 20.2 Å². The van der Waals surface area contributed by atoms with Crippen LogP contribution in [0.5, 0.6) is 0 Å². The van der Waals surface area contributed by atoms with E-state index in [1.165, 1.54) is 0 Å². The maximum absolute atomic E-state index is 11.1. The molecule has 0 aromatic heterocycles. The Labute approximate surface area is 233 Å². The van der Waals surface area contributed by atoms with Gasteiger partial charge >= 0.3 is 26.2 Å². The van der Waals surface area contributed by atoms with Crippen LogP contribution in [0.3, 0.4) is 0 Å². The van der Waals surface area contributed by atoms with Crippen LogP contribution in [0.2, 0.25) is 0 Å². The van der Waals surface area contributed by atoms with Gasteiger partial charge in [-0.2, -0.15) is 12.0 Å². The Hall–Kier alpha value is -1.07. The van der Waals surface area contributed by atoms with Crippen molar-refractivity contribution in [2.75, 3.05) is 13.2 Å². The molecule has 1 aromatic rings. The number of hydrogen-bond donors (Lipinski definition) is 0. The van der Waals surface area contributed by atoms with Crippen LogP contribution in [0.15, 0.2) is 24.3 Å². The van der Waals surface area contributed by atoms with Gasteiger partial charge in [0.25, 0.3) is 0 Å². The van der Waals surface area contributed by atoms with Crippen molar-refractivity contribution in [1.82, 2.24) is 9.34 Å². The van der Waals surface area contributed by atoms with E-state index >= 15 is 0 Å². The van der Waals surface area contributed by atoms with Crippen molar-refractivity contribution in [3.8, 4) is 0 Å². The van der Waals surface area contributed by atoms with Gasteiger partial charge in [-0.05, 0) is 69.2 Å². The molecule has 0 aliphatic carbocycles. The van der Waals surface area contributed by atoms with Gasteiger partial charge in [0.05, 0.1) is 13.2 Å². The molecule has 195 valence electrons. The zero-order valence-electron chi connectivity index (χ0n) is 23.0. The van der Waals surface area contributed by atoms with Crippen molar-refractivity contribution >= 4 is 25.6 Å². The second kappa shape index (κ2) is 19.1. The largest absolute Gasteiger partial charge is 3.00 e. The third kappa shape index (κ3) is 13.2. The van der Waals surface area contributed by atoms with Gasteiger partial charge in [-0.1, -0.05) is 0 Å². The average Bonchev–Trinajstić information content (AvgIpc) is 2.73. The van der Waals surface area contributed by atoms with Crippen molar-refractivity contribution < 1.29 is 45.3 Å². The first-order chi connectivity index (χ1) is 15.9. The van der Waals surface area contributed by atoms with E-state index in [9.17, 15) is 15.0 Å². The summed E-state index contributed by atoms with van der Waals surface area (Å²) in [7, 11) is -0.975. The first-order valence-corrected chi connectivity index (χ1v) is 13.2. The van der Waals surface area contributed by atoms with E-state index in [4.69, 9.17) is 0 Å². The Morgan fingerprint density at radius 1 is 0.886 bits per heavy atom. The second-order valence-corrected chi connectivity index (χ2v) is 10.6. The Bertz CT molecular complexity index is 693. The van der Waals surface area contributed by atoms with Crippen molar-refractivity contribution in [2.24, 2.45) is 0 Å². The Balaban J connectivity index is 0.